The largest absolute Gasteiger partial charge is 0.453 e. The van der Waals surface area contributed by atoms with Crippen LogP contribution in [0, 0.1) is 6.92 Å². The van der Waals surface area contributed by atoms with Crippen LogP contribution >= 0.6 is 0 Å². The van der Waals surface area contributed by atoms with E-state index >= 15 is 0 Å². The van der Waals surface area contributed by atoms with Gasteiger partial charge in [-0.25, -0.2) is 19.6 Å². The van der Waals surface area contributed by atoms with Crippen molar-refractivity contribution in [2.75, 3.05) is 14.2 Å². The van der Waals surface area contributed by atoms with E-state index in [1.807, 2.05) is 195 Å². The van der Waals surface area contributed by atoms with E-state index < -0.39 is 12.2 Å². The van der Waals surface area contributed by atoms with Crippen LogP contribution in [0.3, 0.4) is 0 Å². The van der Waals surface area contributed by atoms with Crippen molar-refractivity contribution in [2.24, 2.45) is 5.73 Å². The number of aromatic nitrogens is 3. The van der Waals surface area contributed by atoms with Gasteiger partial charge in [-0.05, 0) is 110 Å². The molecule has 10 aromatic carbocycles. The highest BCUT2D eigenvalue weighted by Gasteiger charge is 2.18. The molecule has 472 valence electrons. The number of nitrogens with two attached hydrogens (primary N) is 1. The van der Waals surface area contributed by atoms with Gasteiger partial charge in [0.1, 0.15) is 0 Å². The van der Waals surface area contributed by atoms with E-state index in [2.05, 4.69) is 95.6 Å². The second-order valence-corrected chi connectivity index (χ2v) is 22.5. The van der Waals surface area contributed by atoms with Gasteiger partial charge in [0, 0.05) is 72.2 Å². The van der Waals surface area contributed by atoms with E-state index in [0.29, 0.717) is 56.0 Å². The molecule has 13 aromatic rings. The summed E-state index contributed by atoms with van der Waals surface area (Å²) in [6.45, 7) is 4.40. The Hall–Kier alpha value is -12.1. The first kappa shape index (κ1) is 64.4. The van der Waals surface area contributed by atoms with Gasteiger partial charge in [0.15, 0.2) is 0 Å². The molecule has 16 nitrogen and oxygen atoms in total. The molecule has 5 amide bonds. The Bertz CT molecular complexity index is 4930. The van der Waals surface area contributed by atoms with E-state index in [9.17, 15) is 24.0 Å². The number of nitrogens with zero attached hydrogens (tertiary/aromatic N) is 3. The number of aryl methyl sites for hydroxylation is 1. The molecule has 0 spiro atoms. The molecule has 0 fully saturated rings. The smallest absolute Gasteiger partial charge is 0.407 e. The van der Waals surface area contributed by atoms with Crippen molar-refractivity contribution in [1.29, 1.82) is 0 Å². The van der Waals surface area contributed by atoms with Crippen molar-refractivity contribution in [3.8, 4) is 22.5 Å². The molecule has 0 saturated heterocycles. The van der Waals surface area contributed by atoms with Crippen molar-refractivity contribution < 1.29 is 33.4 Å². The van der Waals surface area contributed by atoms with Crippen molar-refractivity contribution in [2.45, 2.75) is 46.2 Å². The normalized spacial score (nSPS) is 10.8. The zero-order valence-electron chi connectivity index (χ0n) is 52.7. The molecule has 0 unspecified atom stereocenters. The van der Waals surface area contributed by atoms with E-state index in [1.54, 1.807) is 6.07 Å². The van der Waals surface area contributed by atoms with Crippen LogP contribution in [0.25, 0.3) is 76.8 Å². The maximum Gasteiger partial charge on any atom is 0.407 e. The molecular weight excluding hydrogens is 1190 g/mol. The summed E-state index contributed by atoms with van der Waals surface area (Å²) in [5, 5.41) is 21.4. The second kappa shape index (κ2) is 30.8. The molecule has 7 N–H and O–H groups in total. The summed E-state index contributed by atoms with van der Waals surface area (Å²) in [5.41, 5.74) is 20.1. The van der Waals surface area contributed by atoms with Gasteiger partial charge in [0.05, 0.1) is 58.8 Å². The van der Waals surface area contributed by atoms with Crippen LogP contribution in [0.15, 0.2) is 249 Å². The summed E-state index contributed by atoms with van der Waals surface area (Å²) in [6, 6.07) is 80.8. The monoisotopic (exact) mass is 1260 g/mol. The number of para-hydroxylation sites is 3. The zero-order chi connectivity index (χ0) is 66.0. The number of carbonyl (C=O) groups is 5. The highest BCUT2D eigenvalue weighted by molar-refractivity contribution is 6.09. The number of hydrogen-bond acceptors (Lipinski definition) is 11. The number of methoxy groups -OCH3 is 2. The van der Waals surface area contributed by atoms with E-state index in [4.69, 9.17) is 15.7 Å². The Morgan fingerprint density at radius 2 is 0.642 bits per heavy atom. The molecule has 0 aliphatic carbocycles. The Morgan fingerprint density at radius 3 is 1.00 bits per heavy atom. The third-order valence-electron chi connectivity index (χ3n) is 16.0. The Labute approximate surface area is 549 Å². The lowest BCUT2D eigenvalue weighted by molar-refractivity contribution is 0.0944. The third kappa shape index (κ3) is 16.5. The van der Waals surface area contributed by atoms with Gasteiger partial charge in [-0.2, -0.15) is 0 Å². The minimum absolute atomic E-state index is 0.117. The first-order chi connectivity index (χ1) is 46.4. The number of rotatable bonds is 16. The van der Waals surface area contributed by atoms with Crippen LogP contribution in [0.1, 0.15) is 70.1 Å². The fourth-order valence-corrected chi connectivity index (χ4v) is 10.9. The second-order valence-electron chi connectivity index (χ2n) is 22.5. The summed E-state index contributed by atoms with van der Waals surface area (Å²) in [4.78, 5) is 75.6. The first-order valence-electron chi connectivity index (χ1n) is 30.9. The number of amides is 5. The van der Waals surface area contributed by atoms with Gasteiger partial charge in [0.2, 0.25) is 0 Å². The summed E-state index contributed by atoms with van der Waals surface area (Å²) in [6.07, 6.45) is -0.940. The molecule has 0 aliphatic rings. The van der Waals surface area contributed by atoms with E-state index in [0.717, 1.165) is 110 Å². The Kier molecular flexibility index (Phi) is 20.9. The topological polar surface area (TPSA) is 229 Å². The lowest BCUT2D eigenvalue weighted by atomic mass is 10.0. The van der Waals surface area contributed by atoms with Crippen molar-refractivity contribution in [1.82, 2.24) is 41.5 Å². The van der Waals surface area contributed by atoms with Gasteiger partial charge >= 0.3 is 12.2 Å². The number of ether oxygens (including phenoxy) is 2. The van der Waals surface area contributed by atoms with Crippen molar-refractivity contribution in [3.05, 3.63) is 304 Å². The predicted octanol–water partition coefficient (Wildman–Crippen LogP) is 14.6. The number of nitrogens with one attached hydrogen (secondary N) is 5. The quantitative estimate of drug-likeness (QED) is 0.0533. The number of pyridine rings is 3. The minimum atomic E-state index is -0.473. The number of benzene rings is 10. The van der Waals surface area contributed by atoms with Gasteiger partial charge in [0.25, 0.3) is 17.7 Å². The molecular formula is C79H69N9O7. The predicted molar refractivity (Wildman–Crippen MR) is 375 cm³/mol. The SMILES string of the molecule is COC(=O)NCc1ccc(CNC(=O)c2cc(-c3ccc4ccccc4c3)nc3ccccc23)cc1.COC(=O)NCc1ccc(CNC(=O)c2cc(C)nc3ccccc23)cc1.NCc1ccc(CNC(=O)c2cc(-c3ccc4ccccc4c3)nc3ccccc23)cc1. The fourth-order valence-electron chi connectivity index (χ4n) is 10.9. The molecule has 0 radical (unpaired) electrons. The maximum absolute atomic E-state index is 13.3. The molecule has 3 aromatic heterocycles. The number of hydrogen-bond donors (Lipinski definition) is 6. The number of fused-ring (bicyclic) bond motifs is 5. The fraction of sp³-hybridized carbons (Fsp3) is 0.114. The summed E-state index contributed by atoms with van der Waals surface area (Å²) >= 11 is 0. The van der Waals surface area contributed by atoms with Gasteiger partial charge in [-0.15, -0.1) is 0 Å². The first-order valence-corrected chi connectivity index (χ1v) is 30.9. The molecule has 0 saturated carbocycles. The summed E-state index contributed by atoms with van der Waals surface area (Å²) in [5.74, 6) is -0.409. The lowest BCUT2D eigenvalue weighted by Crippen LogP contribution is -2.23. The van der Waals surface area contributed by atoms with Crippen LogP contribution in [0.4, 0.5) is 9.59 Å². The summed E-state index contributed by atoms with van der Waals surface area (Å²) < 4.78 is 9.13. The average Bonchev–Trinajstić information content (AvgIpc) is 1.44. The van der Waals surface area contributed by atoms with E-state index in [1.165, 1.54) is 19.6 Å². The maximum atomic E-state index is 13.3. The van der Waals surface area contributed by atoms with Crippen LogP contribution in [-0.4, -0.2) is 59.1 Å². The van der Waals surface area contributed by atoms with Crippen LogP contribution in [0.2, 0.25) is 0 Å². The molecule has 3 heterocycles. The molecule has 16 heteroatoms. The summed E-state index contributed by atoms with van der Waals surface area (Å²) in [7, 11) is 2.66. The van der Waals surface area contributed by atoms with Gasteiger partial charge < -0.3 is 41.8 Å². The van der Waals surface area contributed by atoms with Crippen molar-refractivity contribution >= 4 is 84.2 Å². The van der Waals surface area contributed by atoms with E-state index in [-0.39, 0.29) is 17.7 Å². The average molecular weight is 1260 g/mol. The van der Waals surface area contributed by atoms with Gasteiger partial charge in [-0.3, -0.25) is 19.4 Å². The van der Waals surface area contributed by atoms with Crippen LogP contribution in [0.5, 0.6) is 0 Å². The Balaban J connectivity index is 0.000000147. The number of carbonyl (C=O) groups excluding carboxylic acids is 5. The molecule has 13 rings (SSSR count). The molecule has 0 bridgehead atoms. The Morgan fingerprint density at radius 1 is 0.337 bits per heavy atom. The standard InChI is InChI=1S/C30H25N3O3.C28H23N3O.C21H21N3O3/c1-36-30(35)32-19-21-12-10-20(11-13-21)18-31-29(34)26-17-28(33-27-9-5-4-8-25(26)27)24-15-14-22-6-2-3-7-23(22)16-24;29-17-19-9-11-20(12-10-19)18-30-28(32)25-16-27(31-26-8-4-3-7-24(25)26)23-14-13-21-5-1-2-6-22(21)15-23;1-14-11-18(17-5-3-4-6-19(17)24-14)20(25)22-12-15-7-9-16(10-8-15)13-23-21(26)27-2/h2-17H,18-19H2,1H3,(H,31,34)(H,32,35);1-16H,17-18,29H2,(H,30,32);3-11H,12-13H2,1-2H3,(H,22,25)(H,23,26). The molecule has 0 atom stereocenters. The molecule has 0 aliphatic heterocycles. The highest BCUT2D eigenvalue weighted by Crippen LogP contribution is 2.30. The van der Waals surface area contributed by atoms with Gasteiger partial charge in [-0.1, -0.05) is 200 Å². The van der Waals surface area contributed by atoms with Crippen molar-refractivity contribution in [3.63, 3.8) is 0 Å². The minimum Gasteiger partial charge on any atom is -0.453 e. The van der Waals surface area contributed by atoms with Crippen LogP contribution in [-0.2, 0) is 48.7 Å². The third-order valence-corrected chi connectivity index (χ3v) is 16.0. The van der Waals surface area contributed by atoms with Crippen LogP contribution < -0.4 is 32.3 Å². The zero-order valence-corrected chi connectivity index (χ0v) is 52.7. The highest BCUT2D eigenvalue weighted by atomic mass is 16.5. The number of alkyl carbamates (subject to hydrolysis) is 2. The lowest BCUT2D eigenvalue weighted by Gasteiger charge is -2.12. The molecule has 95 heavy (non-hydrogen) atoms.